The van der Waals surface area contributed by atoms with Gasteiger partial charge in [-0.15, -0.1) is 0 Å². The van der Waals surface area contributed by atoms with E-state index >= 15 is 0 Å². The molecule has 2 amide bonds. The van der Waals surface area contributed by atoms with E-state index in [1.165, 1.54) is 16.7 Å². The van der Waals surface area contributed by atoms with Crippen LogP contribution in [0.4, 0.5) is 22.4 Å². The summed E-state index contributed by atoms with van der Waals surface area (Å²) in [5.41, 5.74) is 2.98. The second-order valence-corrected chi connectivity index (χ2v) is 15.6. The third-order valence-electron chi connectivity index (χ3n) is 10.3. The van der Waals surface area contributed by atoms with Gasteiger partial charge in [-0.3, -0.25) is 19.9 Å². The number of halogens is 1. The molecular formula is C38H47ClN12O4S. The number of benzene rings is 2. The molecule has 56 heavy (non-hydrogen) atoms. The fraction of sp³-hybridized carbons (Fsp3) is 0.447. The lowest BCUT2D eigenvalue weighted by Gasteiger charge is -2.32. The zero-order chi connectivity index (χ0) is 39.8. The smallest absolute Gasteiger partial charge is 0.322 e. The molecule has 4 aromatic rings. The number of fused-ring (bicyclic) bond motifs is 1. The average molecular weight is 803 g/mol. The van der Waals surface area contributed by atoms with Gasteiger partial charge in [0.15, 0.2) is 5.82 Å². The minimum Gasteiger partial charge on any atom is -0.491 e. The number of aryl methyl sites for hydroxylation is 1. The van der Waals surface area contributed by atoms with Crippen LogP contribution in [0.25, 0.3) is 10.9 Å². The number of ether oxygens (including phenoxy) is 1. The van der Waals surface area contributed by atoms with Gasteiger partial charge >= 0.3 is 6.03 Å². The maximum Gasteiger partial charge on any atom is 0.322 e. The van der Waals surface area contributed by atoms with Crippen LogP contribution in [0, 0.1) is 16.7 Å². The Labute approximate surface area is 333 Å². The summed E-state index contributed by atoms with van der Waals surface area (Å²) in [7, 11) is 3.71. The molecule has 16 nitrogen and oxygen atoms in total. The minimum absolute atomic E-state index is 0.0884. The van der Waals surface area contributed by atoms with Crippen molar-refractivity contribution < 1.29 is 18.5 Å². The number of carbonyl (C=O) groups excluding carboxylic acids is 2. The van der Waals surface area contributed by atoms with Crippen molar-refractivity contribution in [2.75, 3.05) is 75.5 Å². The second kappa shape index (κ2) is 18.7. The van der Waals surface area contributed by atoms with Crippen LogP contribution in [0.3, 0.4) is 0 Å². The van der Waals surface area contributed by atoms with Crippen molar-refractivity contribution in [2.45, 2.75) is 49.0 Å². The molecule has 2 aliphatic heterocycles. The number of nitrogens with one attached hydrogen (secondary N) is 4. The number of nitriles is 1. The SMILES string of the molecule is CNC(=O)N(CCC=O)c1nn(C)c2cc(C3CCN(CCOc4cc(S(=O)N5CCC(Nc6ncc(C(=N)Cl)c(NC)n6)CC5)ccc4C#N)CC3)ccc12. The maximum atomic E-state index is 13.6. The number of aldehydes is 1. The highest BCUT2D eigenvalue weighted by Gasteiger charge is 2.27. The Balaban J connectivity index is 0.995. The number of hydrogen-bond acceptors (Lipinski definition) is 12. The summed E-state index contributed by atoms with van der Waals surface area (Å²) in [5, 5.41) is 31.8. The molecule has 4 N–H and O–H groups in total. The Morgan fingerprint density at radius 1 is 1.14 bits per heavy atom. The molecule has 0 aliphatic carbocycles. The highest BCUT2D eigenvalue weighted by Crippen LogP contribution is 2.33. The van der Waals surface area contributed by atoms with E-state index in [0.29, 0.717) is 71.5 Å². The summed E-state index contributed by atoms with van der Waals surface area (Å²) in [4.78, 5) is 36.8. The van der Waals surface area contributed by atoms with Gasteiger partial charge in [-0.25, -0.2) is 18.3 Å². The number of hydrogen-bond donors (Lipinski definition) is 4. The monoisotopic (exact) mass is 802 g/mol. The molecule has 6 rings (SSSR count). The molecule has 0 saturated carbocycles. The molecular weight excluding hydrogens is 756 g/mol. The van der Waals surface area contributed by atoms with E-state index in [1.807, 2.05) is 17.4 Å². The molecule has 2 aromatic carbocycles. The lowest BCUT2D eigenvalue weighted by atomic mass is 9.89. The summed E-state index contributed by atoms with van der Waals surface area (Å²) in [6.07, 6.45) is 5.94. The number of amides is 2. The topological polar surface area (TPSA) is 197 Å². The Morgan fingerprint density at radius 3 is 2.59 bits per heavy atom. The van der Waals surface area contributed by atoms with Crippen molar-refractivity contribution in [2.24, 2.45) is 7.05 Å². The lowest BCUT2D eigenvalue weighted by molar-refractivity contribution is -0.107. The number of piperidine rings is 2. The van der Waals surface area contributed by atoms with Gasteiger partial charge in [0, 0.05) is 71.4 Å². The molecule has 2 saturated heterocycles. The zero-order valence-corrected chi connectivity index (χ0v) is 33.3. The Morgan fingerprint density at radius 2 is 1.91 bits per heavy atom. The molecule has 0 spiro atoms. The molecule has 0 radical (unpaired) electrons. The van der Waals surface area contributed by atoms with Gasteiger partial charge in [-0.1, -0.05) is 17.7 Å². The zero-order valence-electron chi connectivity index (χ0n) is 31.8. The average Bonchev–Trinajstić information content (AvgIpc) is 3.55. The second-order valence-electron chi connectivity index (χ2n) is 13.7. The minimum atomic E-state index is -1.43. The van der Waals surface area contributed by atoms with Crippen molar-refractivity contribution in [3.05, 3.63) is 59.3 Å². The van der Waals surface area contributed by atoms with Gasteiger partial charge in [0.25, 0.3) is 0 Å². The molecule has 1 unspecified atom stereocenters. The number of nitrogens with zero attached hydrogens (tertiary/aromatic N) is 8. The summed E-state index contributed by atoms with van der Waals surface area (Å²) in [5.74, 6) is 2.24. The number of rotatable bonds is 15. The number of aromatic nitrogens is 4. The highest BCUT2D eigenvalue weighted by atomic mass is 35.5. The van der Waals surface area contributed by atoms with Crippen LogP contribution in [0.5, 0.6) is 5.75 Å². The van der Waals surface area contributed by atoms with Gasteiger partial charge in [0.1, 0.15) is 46.7 Å². The van der Waals surface area contributed by atoms with Gasteiger partial charge in [-0.2, -0.15) is 15.3 Å². The van der Waals surface area contributed by atoms with Gasteiger partial charge in [0.05, 0.1) is 21.5 Å². The standard InChI is InChI=1S/C38H47ClN12O4S/c1-42-35-31(34(39)41)24-44-37(46-35)45-28-11-16-50(17-12-28)56(54)29-7-5-27(23-40)33(22-29)55-20-18-49-14-9-25(10-15-49)26-6-8-30-32(21-26)48(3)47-36(30)51(13-4-19-52)38(53)43-2/h5-8,19,21-22,24-25,28,41H,4,9-18,20H2,1-3H3,(H,43,53)(H2,42,44,45,46). The van der Waals surface area contributed by atoms with Crippen molar-refractivity contribution >= 4 is 68.6 Å². The normalized spacial score (nSPS) is 16.2. The fourth-order valence-electron chi connectivity index (χ4n) is 7.23. The first-order chi connectivity index (χ1) is 27.1. The van der Waals surface area contributed by atoms with Crippen molar-refractivity contribution in [3.63, 3.8) is 0 Å². The Bertz CT molecular complexity index is 2130. The highest BCUT2D eigenvalue weighted by molar-refractivity contribution is 7.82. The first kappa shape index (κ1) is 40.5. The van der Waals surface area contributed by atoms with Gasteiger partial charge < -0.3 is 25.5 Å². The first-order valence-corrected chi connectivity index (χ1v) is 20.1. The molecule has 4 heterocycles. The Hall–Kier alpha value is -5.15. The van der Waals surface area contributed by atoms with Gasteiger partial charge in [-0.05, 0) is 80.6 Å². The van der Waals surface area contributed by atoms with E-state index in [-0.39, 0.29) is 30.2 Å². The number of urea groups is 1. The van der Waals surface area contributed by atoms with Gasteiger partial charge in [0.2, 0.25) is 5.95 Å². The van der Waals surface area contributed by atoms with Crippen molar-refractivity contribution in [1.29, 1.82) is 10.7 Å². The summed E-state index contributed by atoms with van der Waals surface area (Å²) in [6, 6.07) is 13.4. The molecule has 2 aromatic heterocycles. The van der Waals surface area contributed by atoms with E-state index < -0.39 is 11.0 Å². The van der Waals surface area contributed by atoms with E-state index in [0.717, 1.165) is 56.0 Å². The molecule has 18 heteroatoms. The summed E-state index contributed by atoms with van der Waals surface area (Å²) in [6.45, 7) is 4.31. The van der Waals surface area contributed by atoms with Crippen LogP contribution in [-0.2, 0) is 22.8 Å². The third kappa shape index (κ3) is 9.27. The maximum absolute atomic E-state index is 13.6. The lowest BCUT2D eigenvalue weighted by Crippen LogP contribution is -2.40. The fourth-order valence-corrected chi connectivity index (χ4v) is 8.60. The predicted molar refractivity (Wildman–Crippen MR) is 217 cm³/mol. The molecule has 0 bridgehead atoms. The Kier molecular flexibility index (Phi) is 13.5. The van der Waals surface area contributed by atoms with E-state index in [2.05, 4.69) is 54.1 Å². The van der Waals surface area contributed by atoms with E-state index in [9.17, 15) is 19.1 Å². The third-order valence-corrected chi connectivity index (χ3v) is 12.0. The molecule has 2 aliphatic rings. The van der Waals surface area contributed by atoms with Crippen LogP contribution in [-0.4, -0.2) is 117 Å². The first-order valence-electron chi connectivity index (χ1n) is 18.6. The van der Waals surface area contributed by atoms with Crippen LogP contribution in [0.2, 0.25) is 0 Å². The molecule has 1 atom stereocenters. The van der Waals surface area contributed by atoms with E-state index in [1.54, 1.807) is 37.0 Å². The molecule has 296 valence electrons. The van der Waals surface area contributed by atoms with Crippen molar-refractivity contribution in [3.8, 4) is 11.8 Å². The van der Waals surface area contributed by atoms with E-state index in [4.69, 9.17) is 21.7 Å². The summed E-state index contributed by atoms with van der Waals surface area (Å²) >= 11 is 5.84. The summed E-state index contributed by atoms with van der Waals surface area (Å²) < 4.78 is 23.5. The van der Waals surface area contributed by atoms with Crippen LogP contribution in [0.1, 0.15) is 54.7 Å². The number of anilines is 3. The number of likely N-dealkylation sites (tertiary alicyclic amines) is 1. The quantitative estimate of drug-likeness (QED) is 0.0980. The number of carbonyl (C=O) groups is 2. The van der Waals surface area contributed by atoms with Crippen LogP contribution < -0.4 is 25.6 Å². The molecule has 2 fully saturated rings. The van der Waals surface area contributed by atoms with Crippen molar-refractivity contribution in [1.82, 2.24) is 34.3 Å². The predicted octanol–water partition coefficient (Wildman–Crippen LogP) is 4.43. The van der Waals surface area contributed by atoms with Crippen LogP contribution >= 0.6 is 11.6 Å². The largest absolute Gasteiger partial charge is 0.491 e. The van der Waals surface area contributed by atoms with Crippen LogP contribution in [0.15, 0.2) is 47.5 Å².